The molecule has 0 unspecified atom stereocenters. The molecule has 2 rings (SSSR count). The molecule has 10 heteroatoms. The molecular formula is C17H15ClF3N3O3. The Labute approximate surface area is 157 Å². The molecule has 27 heavy (non-hydrogen) atoms. The van der Waals surface area contributed by atoms with E-state index in [-0.39, 0.29) is 10.6 Å². The van der Waals surface area contributed by atoms with Gasteiger partial charge >= 0.3 is 6.18 Å². The number of alkyl halides is 3. The number of carbonyl (C=O) groups excluding carboxylic acids is 2. The zero-order chi connectivity index (χ0) is 20.0. The molecule has 0 saturated carbocycles. The number of benzene rings is 1. The molecule has 2 N–H and O–H groups in total. The highest BCUT2D eigenvalue weighted by molar-refractivity contribution is 6.32. The van der Waals surface area contributed by atoms with Gasteiger partial charge in [0.05, 0.1) is 5.56 Å². The molecule has 0 aliphatic carbocycles. The van der Waals surface area contributed by atoms with Crippen molar-refractivity contribution in [1.29, 1.82) is 0 Å². The smallest absolute Gasteiger partial charge is 0.422 e. The average molecular weight is 402 g/mol. The summed E-state index contributed by atoms with van der Waals surface area (Å²) in [5.74, 6) is -1.73. The number of carbonyl (C=O) groups is 2. The maximum atomic E-state index is 12.1. The third kappa shape index (κ3) is 6.14. The van der Waals surface area contributed by atoms with E-state index in [2.05, 4.69) is 20.6 Å². The molecule has 0 fully saturated rings. The summed E-state index contributed by atoms with van der Waals surface area (Å²) in [4.78, 5) is 27.6. The number of aryl methyl sites for hydroxylation is 1. The van der Waals surface area contributed by atoms with Crippen molar-refractivity contribution >= 4 is 23.4 Å². The average Bonchev–Trinajstić information content (AvgIpc) is 2.64. The van der Waals surface area contributed by atoms with E-state index >= 15 is 0 Å². The molecule has 1 aromatic carbocycles. The molecule has 0 atom stereocenters. The molecule has 0 aliphatic heterocycles. The molecule has 0 saturated heterocycles. The summed E-state index contributed by atoms with van der Waals surface area (Å²) in [6.07, 6.45) is -2.73. The van der Waals surface area contributed by atoms with Gasteiger partial charge in [-0.2, -0.15) is 13.2 Å². The monoisotopic (exact) mass is 401 g/mol. The van der Waals surface area contributed by atoms with Gasteiger partial charge in [-0.1, -0.05) is 30.7 Å². The molecule has 0 bridgehead atoms. The second-order valence-corrected chi connectivity index (χ2v) is 5.78. The van der Waals surface area contributed by atoms with E-state index in [1.54, 1.807) is 24.3 Å². The summed E-state index contributed by atoms with van der Waals surface area (Å²) in [6, 6.07) is 7.90. The molecule has 1 heterocycles. The lowest BCUT2D eigenvalue weighted by Gasteiger charge is -2.11. The molecule has 0 aliphatic rings. The second-order valence-electron chi connectivity index (χ2n) is 5.37. The molecule has 2 amide bonds. The van der Waals surface area contributed by atoms with Gasteiger partial charge in [0.25, 0.3) is 11.8 Å². The van der Waals surface area contributed by atoms with Crippen LogP contribution in [0.1, 0.15) is 33.2 Å². The molecular weight excluding hydrogens is 387 g/mol. The van der Waals surface area contributed by atoms with Crippen LogP contribution in [0.2, 0.25) is 5.02 Å². The highest BCUT2D eigenvalue weighted by Gasteiger charge is 2.29. The topological polar surface area (TPSA) is 80.3 Å². The predicted molar refractivity (Wildman–Crippen MR) is 91.5 cm³/mol. The van der Waals surface area contributed by atoms with Gasteiger partial charge in [-0.15, -0.1) is 0 Å². The summed E-state index contributed by atoms with van der Waals surface area (Å²) in [5.41, 5.74) is 5.73. The van der Waals surface area contributed by atoms with Crippen molar-refractivity contribution in [2.24, 2.45) is 0 Å². The first kappa shape index (κ1) is 20.5. The lowest BCUT2D eigenvalue weighted by atomic mass is 10.1. The molecule has 144 valence electrons. The van der Waals surface area contributed by atoms with Crippen molar-refractivity contribution < 1.29 is 27.5 Å². The number of hydrogen-bond acceptors (Lipinski definition) is 4. The molecule has 6 nitrogen and oxygen atoms in total. The van der Waals surface area contributed by atoms with Gasteiger partial charge in [0.2, 0.25) is 5.88 Å². The normalized spacial score (nSPS) is 11.0. The van der Waals surface area contributed by atoms with Crippen molar-refractivity contribution in [2.75, 3.05) is 6.61 Å². The summed E-state index contributed by atoms with van der Waals surface area (Å²) in [5, 5.41) is -0.270. The molecule has 0 spiro atoms. The lowest BCUT2D eigenvalue weighted by molar-refractivity contribution is -0.154. The third-order valence-electron chi connectivity index (χ3n) is 3.36. The van der Waals surface area contributed by atoms with Crippen LogP contribution in [0.5, 0.6) is 5.88 Å². The van der Waals surface area contributed by atoms with E-state index in [0.29, 0.717) is 5.56 Å². The highest BCUT2D eigenvalue weighted by atomic mass is 35.5. The van der Waals surface area contributed by atoms with Gasteiger partial charge in [-0.05, 0) is 30.2 Å². The van der Waals surface area contributed by atoms with Crippen LogP contribution in [0, 0.1) is 0 Å². The van der Waals surface area contributed by atoms with Crippen LogP contribution in [0.15, 0.2) is 36.5 Å². The molecule has 2 aromatic rings. The predicted octanol–water partition coefficient (Wildman–Crippen LogP) is 3.31. The minimum absolute atomic E-state index is 0.0685. The number of pyridine rings is 1. The van der Waals surface area contributed by atoms with Crippen molar-refractivity contribution in [3.63, 3.8) is 0 Å². The van der Waals surface area contributed by atoms with Gasteiger partial charge in [0.1, 0.15) is 5.02 Å². The van der Waals surface area contributed by atoms with Crippen molar-refractivity contribution in [1.82, 2.24) is 15.8 Å². The summed E-state index contributed by atoms with van der Waals surface area (Å²) in [7, 11) is 0. The van der Waals surface area contributed by atoms with E-state index in [9.17, 15) is 22.8 Å². The second kappa shape index (κ2) is 8.72. The zero-order valence-electron chi connectivity index (χ0n) is 14.1. The standard InChI is InChI=1S/C17H15ClF3N3O3/c1-2-10-3-5-11(6-4-10)14(25)23-24-15(26)12-7-13(18)16(22-8-12)27-9-17(19,20)21/h3-8H,2,9H2,1H3,(H,23,25)(H,24,26). The number of hydrogen-bond donors (Lipinski definition) is 2. The Balaban J connectivity index is 1.95. The fraction of sp³-hybridized carbons (Fsp3) is 0.235. The van der Waals surface area contributed by atoms with E-state index in [4.69, 9.17) is 11.6 Å². The van der Waals surface area contributed by atoms with Crippen LogP contribution in [0.4, 0.5) is 13.2 Å². The Bertz CT molecular complexity index is 826. The van der Waals surface area contributed by atoms with Gasteiger partial charge in [0, 0.05) is 11.8 Å². The summed E-state index contributed by atoms with van der Waals surface area (Å²) in [6.45, 7) is 0.423. The maximum Gasteiger partial charge on any atom is 0.422 e. The van der Waals surface area contributed by atoms with Crippen LogP contribution in [0.3, 0.4) is 0 Å². The minimum atomic E-state index is -4.54. The summed E-state index contributed by atoms with van der Waals surface area (Å²) >= 11 is 5.77. The fourth-order valence-electron chi connectivity index (χ4n) is 1.96. The Morgan fingerprint density at radius 2 is 1.70 bits per heavy atom. The Morgan fingerprint density at radius 3 is 2.22 bits per heavy atom. The molecule has 0 radical (unpaired) electrons. The third-order valence-corrected chi connectivity index (χ3v) is 3.63. The first-order valence-electron chi connectivity index (χ1n) is 7.74. The van der Waals surface area contributed by atoms with Crippen molar-refractivity contribution in [3.05, 3.63) is 58.2 Å². The van der Waals surface area contributed by atoms with E-state index in [0.717, 1.165) is 24.2 Å². The Hall–Kier alpha value is -2.81. The van der Waals surface area contributed by atoms with Gasteiger partial charge in [-0.3, -0.25) is 20.4 Å². The van der Waals surface area contributed by atoms with E-state index in [1.807, 2.05) is 6.92 Å². The number of ether oxygens (including phenoxy) is 1. The van der Waals surface area contributed by atoms with Crippen molar-refractivity contribution in [3.8, 4) is 5.88 Å². The maximum absolute atomic E-state index is 12.1. The van der Waals surface area contributed by atoms with E-state index in [1.165, 1.54) is 0 Å². The minimum Gasteiger partial charge on any atom is -0.467 e. The number of rotatable bonds is 5. The first-order chi connectivity index (χ1) is 12.7. The van der Waals surface area contributed by atoms with Crippen LogP contribution >= 0.6 is 11.6 Å². The SMILES string of the molecule is CCc1ccc(C(=O)NNC(=O)c2cnc(OCC(F)(F)F)c(Cl)c2)cc1. The number of nitrogens with zero attached hydrogens (tertiary/aromatic N) is 1. The van der Waals surface area contributed by atoms with Crippen LogP contribution in [-0.2, 0) is 6.42 Å². The lowest BCUT2D eigenvalue weighted by Crippen LogP contribution is -2.41. The van der Waals surface area contributed by atoms with Crippen molar-refractivity contribution in [2.45, 2.75) is 19.5 Å². The Kier molecular flexibility index (Phi) is 6.62. The number of hydrazine groups is 1. The first-order valence-corrected chi connectivity index (χ1v) is 8.12. The summed E-state index contributed by atoms with van der Waals surface area (Å²) < 4.78 is 40.9. The number of nitrogens with one attached hydrogen (secondary N) is 2. The highest BCUT2D eigenvalue weighted by Crippen LogP contribution is 2.24. The van der Waals surface area contributed by atoms with Crippen LogP contribution < -0.4 is 15.6 Å². The number of amides is 2. The van der Waals surface area contributed by atoms with Crippen LogP contribution in [-0.4, -0.2) is 29.6 Å². The van der Waals surface area contributed by atoms with Gasteiger partial charge < -0.3 is 4.74 Å². The van der Waals surface area contributed by atoms with Gasteiger partial charge in [0.15, 0.2) is 6.61 Å². The Morgan fingerprint density at radius 1 is 1.11 bits per heavy atom. The van der Waals surface area contributed by atoms with Gasteiger partial charge in [-0.25, -0.2) is 4.98 Å². The zero-order valence-corrected chi connectivity index (χ0v) is 14.8. The largest absolute Gasteiger partial charge is 0.467 e. The number of halogens is 4. The fourth-order valence-corrected chi connectivity index (χ4v) is 2.18. The number of aromatic nitrogens is 1. The quantitative estimate of drug-likeness (QED) is 0.753. The molecule has 1 aromatic heterocycles. The van der Waals surface area contributed by atoms with E-state index < -0.39 is 30.5 Å². The van der Waals surface area contributed by atoms with Crippen LogP contribution in [0.25, 0.3) is 0 Å².